The van der Waals surface area contributed by atoms with Gasteiger partial charge in [-0.3, -0.25) is 9.89 Å². The molecule has 104 valence electrons. The molecule has 2 saturated carbocycles. The Morgan fingerprint density at radius 3 is 2.63 bits per heavy atom. The molecule has 2 aliphatic carbocycles. The van der Waals surface area contributed by atoms with Gasteiger partial charge in [-0.1, -0.05) is 0 Å². The number of rotatable bonds is 4. The third kappa shape index (κ3) is 3.11. The Hall–Kier alpha value is -1.04. The predicted molar refractivity (Wildman–Crippen MR) is 75.4 cm³/mol. The van der Waals surface area contributed by atoms with Crippen molar-refractivity contribution in [2.45, 2.75) is 55.7 Å². The van der Waals surface area contributed by atoms with Gasteiger partial charge in [0.15, 0.2) is 0 Å². The van der Waals surface area contributed by atoms with Gasteiger partial charge in [0.2, 0.25) is 5.82 Å². The molecule has 0 aliphatic heterocycles. The minimum Gasteiger partial charge on any atom is -0.347 e. The molecule has 0 spiro atoms. The summed E-state index contributed by atoms with van der Waals surface area (Å²) in [5.74, 6) is 1.55. The molecule has 0 radical (unpaired) electrons. The fraction of sp³-hybridized carbons (Fsp3) is 0.769. The maximum atomic E-state index is 12.1. The van der Waals surface area contributed by atoms with Gasteiger partial charge >= 0.3 is 0 Å². The molecule has 0 saturated heterocycles. The van der Waals surface area contributed by atoms with Crippen molar-refractivity contribution in [3.63, 3.8) is 0 Å². The number of hydrogen-bond acceptors (Lipinski definition) is 4. The Bertz CT molecular complexity index is 449. The summed E-state index contributed by atoms with van der Waals surface area (Å²) in [6.07, 6.45) is 9.00. The van der Waals surface area contributed by atoms with Crippen LogP contribution in [0.4, 0.5) is 0 Å². The first-order valence-corrected chi connectivity index (χ1v) is 8.31. The molecule has 0 bridgehead atoms. The van der Waals surface area contributed by atoms with E-state index in [9.17, 15) is 4.79 Å². The summed E-state index contributed by atoms with van der Waals surface area (Å²) in [6.45, 7) is 0. The van der Waals surface area contributed by atoms with Gasteiger partial charge in [-0.15, -0.1) is 5.10 Å². The minimum atomic E-state index is -0.129. The van der Waals surface area contributed by atoms with Crippen LogP contribution in [-0.2, 0) is 0 Å². The molecule has 5 nitrogen and oxygen atoms in total. The maximum Gasteiger partial charge on any atom is 0.291 e. The monoisotopic (exact) mass is 280 g/mol. The van der Waals surface area contributed by atoms with Crippen LogP contribution in [0, 0.1) is 0 Å². The van der Waals surface area contributed by atoms with Crippen LogP contribution >= 0.6 is 11.8 Å². The molecule has 1 amide bonds. The van der Waals surface area contributed by atoms with Crippen LogP contribution in [0.5, 0.6) is 0 Å². The van der Waals surface area contributed by atoms with E-state index < -0.39 is 0 Å². The van der Waals surface area contributed by atoms with Crippen molar-refractivity contribution >= 4 is 17.7 Å². The molecule has 19 heavy (non-hydrogen) atoms. The van der Waals surface area contributed by atoms with Crippen molar-refractivity contribution < 1.29 is 4.79 Å². The van der Waals surface area contributed by atoms with Crippen LogP contribution < -0.4 is 5.32 Å². The molecule has 1 heterocycles. The lowest BCUT2D eigenvalue weighted by Crippen LogP contribution is -2.38. The molecule has 2 N–H and O–H groups in total. The second kappa shape index (κ2) is 5.53. The highest BCUT2D eigenvalue weighted by Gasteiger charge is 2.29. The van der Waals surface area contributed by atoms with Gasteiger partial charge in [-0.2, -0.15) is 11.8 Å². The summed E-state index contributed by atoms with van der Waals surface area (Å²) in [7, 11) is 0. The summed E-state index contributed by atoms with van der Waals surface area (Å²) in [5.41, 5.74) is 0. The highest BCUT2D eigenvalue weighted by molar-refractivity contribution is 7.99. The van der Waals surface area contributed by atoms with Crippen LogP contribution in [0.2, 0.25) is 0 Å². The van der Waals surface area contributed by atoms with Gasteiger partial charge in [0.25, 0.3) is 5.91 Å². The fourth-order valence-corrected chi connectivity index (χ4v) is 3.35. The number of H-pyrrole nitrogens is 1. The van der Waals surface area contributed by atoms with Gasteiger partial charge in [0.1, 0.15) is 5.82 Å². The van der Waals surface area contributed by atoms with Crippen molar-refractivity contribution in [1.29, 1.82) is 0 Å². The number of nitrogens with zero attached hydrogens (tertiary/aromatic N) is 2. The van der Waals surface area contributed by atoms with Gasteiger partial charge in [0.05, 0.1) is 0 Å². The molecule has 1 aromatic rings. The number of aromatic nitrogens is 3. The van der Waals surface area contributed by atoms with Crippen LogP contribution in [0.1, 0.15) is 60.9 Å². The number of aromatic amines is 1. The van der Waals surface area contributed by atoms with E-state index in [0.717, 1.165) is 36.8 Å². The van der Waals surface area contributed by atoms with Gasteiger partial charge in [-0.05, 0) is 44.8 Å². The lowest BCUT2D eigenvalue weighted by atomic mass is 9.95. The lowest BCUT2D eigenvalue weighted by molar-refractivity contribution is 0.0918. The largest absolute Gasteiger partial charge is 0.347 e. The van der Waals surface area contributed by atoms with Crippen molar-refractivity contribution in [3.8, 4) is 0 Å². The average molecular weight is 280 g/mol. The molecule has 0 atom stereocenters. The summed E-state index contributed by atoms with van der Waals surface area (Å²) >= 11 is 1.93. The van der Waals surface area contributed by atoms with Crippen molar-refractivity contribution in [1.82, 2.24) is 20.5 Å². The Morgan fingerprint density at radius 2 is 2.00 bits per heavy atom. The average Bonchev–Trinajstić information content (AvgIpc) is 3.17. The molecule has 0 unspecified atom stereocenters. The Labute approximate surface area is 117 Å². The smallest absolute Gasteiger partial charge is 0.291 e. The zero-order valence-electron chi connectivity index (χ0n) is 11.2. The Morgan fingerprint density at radius 1 is 1.26 bits per heavy atom. The zero-order chi connectivity index (χ0) is 13.2. The molecular formula is C13H20N4OS. The zero-order valence-corrected chi connectivity index (χ0v) is 12.0. The van der Waals surface area contributed by atoms with Crippen LogP contribution in [-0.4, -0.2) is 38.6 Å². The van der Waals surface area contributed by atoms with Crippen LogP contribution in [0.3, 0.4) is 0 Å². The Balaban J connectivity index is 1.52. The first-order valence-electron chi connectivity index (χ1n) is 7.02. The van der Waals surface area contributed by atoms with Crippen LogP contribution in [0.15, 0.2) is 0 Å². The molecule has 3 rings (SSSR count). The molecule has 6 heteroatoms. The summed E-state index contributed by atoms with van der Waals surface area (Å²) < 4.78 is 0. The maximum absolute atomic E-state index is 12.1. The number of hydrogen-bond donors (Lipinski definition) is 2. The Kier molecular flexibility index (Phi) is 3.77. The molecule has 0 aromatic carbocycles. The van der Waals surface area contributed by atoms with E-state index in [4.69, 9.17) is 0 Å². The number of carbonyl (C=O) groups excluding carboxylic acids is 1. The van der Waals surface area contributed by atoms with Crippen molar-refractivity contribution in [2.24, 2.45) is 0 Å². The highest BCUT2D eigenvalue weighted by atomic mass is 32.2. The van der Waals surface area contributed by atoms with E-state index in [2.05, 4.69) is 26.8 Å². The van der Waals surface area contributed by atoms with E-state index in [1.54, 1.807) is 0 Å². The first-order chi connectivity index (χ1) is 9.26. The second-order valence-electron chi connectivity index (χ2n) is 5.50. The van der Waals surface area contributed by atoms with E-state index in [0.29, 0.717) is 17.8 Å². The van der Waals surface area contributed by atoms with Gasteiger partial charge in [-0.25, -0.2) is 4.98 Å². The van der Waals surface area contributed by atoms with E-state index in [-0.39, 0.29) is 5.91 Å². The number of amides is 1. The number of thioether (sulfide) groups is 1. The SMILES string of the molecule is CSC1CCC(NC(=O)c2n[nH]c(C3CC3)n2)CC1. The normalized spacial score (nSPS) is 27.2. The summed E-state index contributed by atoms with van der Waals surface area (Å²) in [4.78, 5) is 16.3. The van der Waals surface area contributed by atoms with E-state index >= 15 is 0 Å². The molecule has 2 fully saturated rings. The predicted octanol–water partition coefficient (Wildman–Crippen LogP) is 2.09. The molecular weight excluding hydrogens is 260 g/mol. The third-order valence-corrected chi connectivity index (χ3v) is 5.15. The number of nitrogens with one attached hydrogen (secondary N) is 2. The first kappa shape index (κ1) is 13.0. The third-order valence-electron chi connectivity index (χ3n) is 4.01. The quantitative estimate of drug-likeness (QED) is 0.886. The highest BCUT2D eigenvalue weighted by Crippen LogP contribution is 2.37. The van der Waals surface area contributed by atoms with E-state index in [1.165, 1.54) is 12.8 Å². The fourth-order valence-electron chi connectivity index (χ4n) is 2.61. The van der Waals surface area contributed by atoms with Gasteiger partial charge < -0.3 is 5.32 Å². The summed E-state index contributed by atoms with van der Waals surface area (Å²) in [6, 6.07) is 0.291. The topological polar surface area (TPSA) is 70.7 Å². The van der Waals surface area contributed by atoms with E-state index in [1.807, 2.05) is 11.8 Å². The minimum absolute atomic E-state index is 0.129. The summed E-state index contributed by atoms with van der Waals surface area (Å²) in [5, 5.41) is 10.7. The molecule has 2 aliphatic rings. The standard InChI is InChI=1S/C13H20N4OS/c1-19-10-6-4-9(5-7-10)14-13(18)12-15-11(16-17-12)8-2-3-8/h8-10H,2-7H2,1H3,(H,14,18)(H,15,16,17). The van der Waals surface area contributed by atoms with Crippen molar-refractivity contribution in [3.05, 3.63) is 11.6 Å². The van der Waals surface area contributed by atoms with Gasteiger partial charge in [0, 0.05) is 17.2 Å². The molecule has 1 aromatic heterocycles. The lowest BCUT2D eigenvalue weighted by Gasteiger charge is -2.27. The van der Waals surface area contributed by atoms with Crippen molar-refractivity contribution in [2.75, 3.05) is 6.26 Å². The van der Waals surface area contributed by atoms with Crippen LogP contribution in [0.25, 0.3) is 0 Å². The second-order valence-corrected chi connectivity index (χ2v) is 6.64. The number of carbonyl (C=O) groups is 1.